The minimum atomic E-state index is 0.172. The van der Waals surface area contributed by atoms with Gasteiger partial charge in [0.25, 0.3) is 0 Å². The van der Waals surface area contributed by atoms with Gasteiger partial charge in [-0.3, -0.25) is 0 Å². The number of aryl methyl sites for hydroxylation is 1. The van der Waals surface area contributed by atoms with Gasteiger partial charge in [-0.15, -0.1) is 0 Å². The van der Waals surface area contributed by atoms with Crippen LogP contribution in [0, 0.1) is 0 Å². The second-order valence-electron chi connectivity index (χ2n) is 4.74. The number of nitrogens with zero attached hydrogens (tertiary/aromatic N) is 4. The zero-order valence-electron chi connectivity index (χ0n) is 11.7. The van der Waals surface area contributed by atoms with Crippen molar-refractivity contribution in [3.05, 3.63) is 29.8 Å². The summed E-state index contributed by atoms with van der Waals surface area (Å²) in [6.45, 7) is 3.01. The van der Waals surface area contributed by atoms with E-state index in [1.54, 1.807) is 6.33 Å². The Hall–Kier alpha value is -2.54. The molecular formula is C14H12ClN5O2. The van der Waals surface area contributed by atoms with Gasteiger partial charge in [0.2, 0.25) is 12.1 Å². The maximum atomic E-state index is 6.02. The van der Waals surface area contributed by atoms with Crippen LogP contribution < -0.4 is 14.8 Å². The highest BCUT2D eigenvalue weighted by Gasteiger charge is 2.16. The molecule has 0 unspecified atom stereocenters. The van der Waals surface area contributed by atoms with Crippen molar-refractivity contribution in [2.75, 3.05) is 12.1 Å². The van der Waals surface area contributed by atoms with Gasteiger partial charge in [0.05, 0.1) is 6.33 Å². The van der Waals surface area contributed by atoms with Gasteiger partial charge in [0.1, 0.15) is 0 Å². The van der Waals surface area contributed by atoms with Crippen LogP contribution in [0.4, 0.5) is 11.5 Å². The molecule has 0 fully saturated rings. The molecule has 4 rings (SSSR count). The first-order chi connectivity index (χ1) is 10.7. The number of fused-ring (bicyclic) bond motifs is 2. The summed E-state index contributed by atoms with van der Waals surface area (Å²) in [5, 5.41) is 3.38. The van der Waals surface area contributed by atoms with Crippen molar-refractivity contribution in [1.82, 2.24) is 19.5 Å². The van der Waals surface area contributed by atoms with Crippen molar-refractivity contribution in [3.8, 4) is 11.5 Å². The number of hydrogen-bond acceptors (Lipinski definition) is 6. The van der Waals surface area contributed by atoms with Crippen molar-refractivity contribution in [2.24, 2.45) is 0 Å². The highest BCUT2D eigenvalue weighted by molar-refractivity contribution is 6.28. The fourth-order valence-electron chi connectivity index (χ4n) is 2.35. The molecule has 112 valence electrons. The molecule has 0 bridgehead atoms. The quantitative estimate of drug-likeness (QED) is 0.749. The zero-order chi connectivity index (χ0) is 15.1. The molecular weight excluding hydrogens is 306 g/mol. The summed E-state index contributed by atoms with van der Waals surface area (Å²) >= 11 is 6.02. The van der Waals surface area contributed by atoms with E-state index in [1.807, 2.05) is 29.7 Å². The van der Waals surface area contributed by atoms with Gasteiger partial charge in [-0.2, -0.15) is 9.97 Å². The number of aromatic nitrogens is 4. The normalized spacial score (nSPS) is 12.8. The fourth-order valence-corrected chi connectivity index (χ4v) is 2.51. The van der Waals surface area contributed by atoms with Crippen molar-refractivity contribution in [3.63, 3.8) is 0 Å². The standard InChI is InChI=1S/C14H12ClN5O2/c1-2-20-6-16-11-12(18-14(15)19-13(11)20)17-8-3-4-9-10(5-8)22-7-21-9/h3-6H,2,7H2,1H3,(H,17,18,19). The molecule has 1 aromatic carbocycles. The van der Waals surface area contributed by atoms with E-state index in [-0.39, 0.29) is 12.1 Å². The molecule has 0 amide bonds. The van der Waals surface area contributed by atoms with Gasteiger partial charge in [-0.1, -0.05) is 0 Å². The Morgan fingerprint density at radius 1 is 1.27 bits per heavy atom. The Bertz CT molecular complexity index is 864. The van der Waals surface area contributed by atoms with Crippen LogP contribution in [0.25, 0.3) is 11.2 Å². The number of nitrogens with one attached hydrogen (secondary N) is 1. The molecule has 1 aliphatic rings. The van der Waals surface area contributed by atoms with Crippen molar-refractivity contribution in [1.29, 1.82) is 0 Å². The molecule has 0 saturated heterocycles. The second kappa shape index (κ2) is 5.03. The van der Waals surface area contributed by atoms with Gasteiger partial charge in [0.15, 0.2) is 28.5 Å². The lowest BCUT2D eigenvalue weighted by molar-refractivity contribution is 0.174. The van der Waals surface area contributed by atoms with Crippen LogP contribution in [0.1, 0.15) is 6.92 Å². The molecule has 0 saturated carbocycles. The second-order valence-corrected chi connectivity index (χ2v) is 5.08. The Labute approximate surface area is 130 Å². The van der Waals surface area contributed by atoms with Crippen molar-refractivity contribution < 1.29 is 9.47 Å². The summed E-state index contributed by atoms with van der Waals surface area (Å²) in [6, 6.07) is 5.57. The number of ether oxygens (including phenoxy) is 2. The predicted molar refractivity (Wildman–Crippen MR) is 81.9 cm³/mol. The number of rotatable bonds is 3. The summed E-state index contributed by atoms with van der Waals surface area (Å²) < 4.78 is 12.6. The number of halogens is 1. The highest BCUT2D eigenvalue weighted by Crippen LogP contribution is 2.35. The van der Waals surface area contributed by atoms with Gasteiger partial charge in [-0.05, 0) is 30.7 Å². The predicted octanol–water partition coefficient (Wildman–Crippen LogP) is 2.97. The lowest BCUT2D eigenvalue weighted by Crippen LogP contribution is -1.99. The number of hydrogen-bond donors (Lipinski definition) is 1. The first-order valence-electron chi connectivity index (χ1n) is 6.79. The summed E-state index contributed by atoms with van der Waals surface area (Å²) in [5.41, 5.74) is 2.18. The average molecular weight is 318 g/mol. The number of benzene rings is 1. The summed E-state index contributed by atoms with van der Waals surface area (Å²) in [4.78, 5) is 12.8. The van der Waals surface area contributed by atoms with Crippen LogP contribution in [0.15, 0.2) is 24.5 Å². The molecule has 8 heteroatoms. The summed E-state index contributed by atoms with van der Waals surface area (Å²) in [6.07, 6.45) is 1.72. The van der Waals surface area contributed by atoms with Gasteiger partial charge < -0.3 is 19.4 Å². The first kappa shape index (κ1) is 13.1. The minimum Gasteiger partial charge on any atom is -0.454 e. The molecule has 0 aliphatic carbocycles. The number of anilines is 2. The first-order valence-corrected chi connectivity index (χ1v) is 7.17. The Kier molecular flexibility index (Phi) is 3.00. The molecule has 1 aliphatic heterocycles. The van der Waals surface area contributed by atoms with Crippen LogP contribution in [-0.4, -0.2) is 26.3 Å². The average Bonchev–Trinajstić information content (AvgIpc) is 3.12. The van der Waals surface area contributed by atoms with E-state index in [0.717, 1.165) is 18.0 Å². The molecule has 0 atom stereocenters. The lowest BCUT2D eigenvalue weighted by Gasteiger charge is -2.08. The zero-order valence-corrected chi connectivity index (χ0v) is 12.5. The fraction of sp³-hybridized carbons (Fsp3) is 0.214. The van der Waals surface area contributed by atoms with Crippen LogP contribution in [0.5, 0.6) is 11.5 Å². The van der Waals surface area contributed by atoms with Gasteiger partial charge in [0, 0.05) is 18.3 Å². The maximum absolute atomic E-state index is 6.02. The smallest absolute Gasteiger partial charge is 0.231 e. The van der Waals surface area contributed by atoms with Gasteiger partial charge in [-0.25, -0.2) is 4.98 Å². The number of imidazole rings is 1. The third-order valence-corrected chi connectivity index (χ3v) is 3.58. The van der Waals surface area contributed by atoms with E-state index in [2.05, 4.69) is 20.3 Å². The lowest BCUT2D eigenvalue weighted by atomic mass is 10.2. The van der Waals surface area contributed by atoms with E-state index >= 15 is 0 Å². The molecule has 0 radical (unpaired) electrons. The van der Waals surface area contributed by atoms with E-state index in [1.165, 1.54) is 0 Å². The largest absolute Gasteiger partial charge is 0.454 e. The van der Waals surface area contributed by atoms with Gasteiger partial charge >= 0.3 is 0 Å². The van der Waals surface area contributed by atoms with Crippen LogP contribution >= 0.6 is 11.6 Å². The van der Waals surface area contributed by atoms with Crippen LogP contribution in [-0.2, 0) is 6.54 Å². The summed E-state index contributed by atoms with van der Waals surface area (Å²) in [7, 11) is 0. The topological polar surface area (TPSA) is 74.1 Å². The van der Waals surface area contributed by atoms with Crippen LogP contribution in [0.2, 0.25) is 5.28 Å². The molecule has 1 N–H and O–H groups in total. The van der Waals surface area contributed by atoms with Crippen LogP contribution in [0.3, 0.4) is 0 Å². The minimum absolute atomic E-state index is 0.172. The molecule has 7 nitrogen and oxygen atoms in total. The Morgan fingerprint density at radius 2 is 2.14 bits per heavy atom. The maximum Gasteiger partial charge on any atom is 0.231 e. The third-order valence-electron chi connectivity index (χ3n) is 3.41. The molecule has 2 aromatic heterocycles. The Morgan fingerprint density at radius 3 is 3.00 bits per heavy atom. The van der Waals surface area contributed by atoms with E-state index < -0.39 is 0 Å². The highest BCUT2D eigenvalue weighted by atomic mass is 35.5. The third kappa shape index (κ3) is 2.10. The Balaban J connectivity index is 1.76. The van der Waals surface area contributed by atoms with E-state index in [9.17, 15) is 0 Å². The van der Waals surface area contributed by atoms with E-state index in [4.69, 9.17) is 21.1 Å². The van der Waals surface area contributed by atoms with E-state index in [0.29, 0.717) is 22.7 Å². The molecule has 3 heterocycles. The van der Waals surface area contributed by atoms with Crippen molar-refractivity contribution in [2.45, 2.75) is 13.5 Å². The molecule has 0 spiro atoms. The summed E-state index contributed by atoms with van der Waals surface area (Å²) in [5.74, 6) is 1.98. The monoisotopic (exact) mass is 317 g/mol. The van der Waals surface area contributed by atoms with Crippen molar-refractivity contribution >= 4 is 34.3 Å². The molecule has 3 aromatic rings. The SMILES string of the molecule is CCn1cnc2c(Nc3ccc4c(c3)OCO4)nc(Cl)nc21. The molecule has 22 heavy (non-hydrogen) atoms.